The minimum Gasteiger partial charge on any atom is -0.295 e. The lowest BCUT2D eigenvalue weighted by atomic mass is 10.1. The Morgan fingerprint density at radius 3 is 2.59 bits per heavy atom. The summed E-state index contributed by atoms with van der Waals surface area (Å²) in [5.74, 6) is 0.837. The molecule has 0 fully saturated rings. The standard InChI is InChI=1S/C17H15N3OS/c1-12(21)13-7-6-8-14(11-13)16-19-17(18-2)22-20(16)15-9-4-3-5-10-15/h3-11H,1-2H3. The average molecular weight is 309 g/mol. The van der Waals surface area contributed by atoms with Crippen LogP contribution in [0.5, 0.6) is 0 Å². The molecule has 22 heavy (non-hydrogen) atoms. The molecule has 3 rings (SSSR count). The van der Waals surface area contributed by atoms with Crippen molar-refractivity contribution in [2.45, 2.75) is 6.92 Å². The molecule has 0 aliphatic rings. The van der Waals surface area contributed by atoms with Crippen LogP contribution >= 0.6 is 11.5 Å². The zero-order valence-corrected chi connectivity index (χ0v) is 13.2. The van der Waals surface area contributed by atoms with Gasteiger partial charge in [0.25, 0.3) is 0 Å². The van der Waals surface area contributed by atoms with E-state index in [4.69, 9.17) is 0 Å². The lowest BCUT2D eigenvalue weighted by Crippen LogP contribution is -1.98. The molecule has 2 aromatic carbocycles. The maximum absolute atomic E-state index is 11.6. The highest BCUT2D eigenvalue weighted by Gasteiger charge is 2.12. The van der Waals surface area contributed by atoms with Gasteiger partial charge >= 0.3 is 0 Å². The van der Waals surface area contributed by atoms with Gasteiger partial charge in [-0.2, -0.15) is 4.98 Å². The van der Waals surface area contributed by atoms with E-state index in [-0.39, 0.29) is 5.78 Å². The normalized spacial score (nSPS) is 11.6. The first-order valence-corrected chi connectivity index (χ1v) is 7.66. The second kappa shape index (κ2) is 6.07. The minimum absolute atomic E-state index is 0.0451. The lowest BCUT2D eigenvalue weighted by Gasteiger charge is -2.07. The molecule has 0 amide bonds. The number of ketones is 1. The number of hydrogen-bond acceptors (Lipinski definition) is 4. The zero-order valence-electron chi connectivity index (χ0n) is 12.4. The third-order valence-electron chi connectivity index (χ3n) is 3.28. The summed E-state index contributed by atoms with van der Waals surface area (Å²) in [6.07, 6.45) is 0. The molecule has 0 unspecified atom stereocenters. The Kier molecular flexibility index (Phi) is 3.98. The topological polar surface area (TPSA) is 47.2 Å². The van der Waals surface area contributed by atoms with Crippen LogP contribution in [0.4, 0.5) is 0 Å². The molecule has 0 saturated carbocycles. The second-order valence-electron chi connectivity index (χ2n) is 4.80. The molecule has 0 saturated heterocycles. The number of aromatic nitrogens is 2. The number of Topliss-reactive ketones (excluding diaryl/α,β-unsaturated/α-hetero) is 1. The van der Waals surface area contributed by atoms with Gasteiger partial charge in [0.1, 0.15) is 0 Å². The zero-order chi connectivity index (χ0) is 15.5. The molecule has 4 nitrogen and oxygen atoms in total. The predicted octanol–water partition coefficient (Wildman–Crippen LogP) is 3.33. The molecule has 0 aliphatic heterocycles. The maximum atomic E-state index is 11.6. The third kappa shape index (κ3) is 2.76. The quantitative estimate of drug-likeness (QED) is 0.697. The van der Waals surface area contributed by atoms with Crippen LogP contribution in [0, 0.1) is 0 Å². The maximum Gasteiger partial charge on any atom is 0.222 e. The van der Waals surface area contributed by atoms with Gasteiger partial charge in [-0.1, -0.05) is 36.4 Å². The molecule has 5 heteroatoms. The first-order chi connectivity index (χ1) is 10.7. The second-order valence-corrected chi connectivity index (χ2v) is 5.71. The Balaban J connectivity index is 2.21. The van der Waals surface area contributed by atoms with Gasteiger partial charge in [0.05, 0.1) is 5.69 Å². The van der Waals surface area contributed by atoms with E-state index in [1.807, 2.05) is 58.6 Å². The number of nitrogens with zero attached hydrogens (tertiary/aromatic N) is 3. The van der Waals surface area contributed by atoms with Gasteiger partial charge in [0.2, 0.25) is 4.80 Å². The van der Waals surface area contributed by atoms with Crippen LogP contribution in [0.1, 0.15) is 17.3 Å². The van der Waals surface area contributed by atoms with E-state index < -0.39 is 0 Å². The van der Waals surface area contributed by atoms with Gasteiger partial charge in [-0.25, -0.2) is 3.96 Å². The van der Waals surface area contributed by atoms with Gasteiger partial charge in [0.15, 0.2) is 11.6 Å². The SMILES string of the molecule is CN=c1nc(-c2cccc(C(C)=O)c2)n(-c2ccccc2)s1. The largest absolute Gasteiger partial charge is 0.295 e. The molecule has 0 atom stereocenters. The summed E-state index contributed by atoms with van der Waals surface area (Å²) in [4.78, 5) is 21.1. The molecular weight excluding hydrogens is 294 g/mol. The van der Waals surface area contributed by atoms with Crippen molar-refractivity contribution in [1.82, 2.24) is 8.94 Å². The summed E-state index contributed by atoms with van der Waals surface area (Å²) >= 11 is 1.48. The van der Waals surface area contributed by atoms with Gasteiger partial charge in [-0.15, -0.1) is 0 Å². The summed E-state index contributed by atoms with van der Waals surface area (Å²) in [5.41, 5.74) is 2.61. The Bertz CT molecular complexity index is 878. The number of rotatable bonds is 3. The van der Waals surface area contributed by atoms with Crippen LogP contribution in [0.2, 0.25) is 0 Å². The average Bonchev–Trinajstić information content (AvgIpc) is 3.00. The Morgan fingerprint density at radius 1 is 1.14 bits per heavy atom. The Labute approximate surface area is 132 Å². The first kappa shape index (κ1) is 14.4. The van der Waals surface area contributed by atoms with Crippen molar-refractivity contribution < 1.29 is 4.79 Å². The molecule has 0 N–H and O–H groups in total. The summed E-state index contributed by atoms with van der Waals surface area (Å²) < 4.78 is 2.03. The van der Waals surface area contributed by atoms with Gasteiger partial charge in [0, 0.05) is 18.2 Å². The van der Waals surface area contributed by atoms with Crippen LogP contribution in [-0.4, -0.2) is 21.8 Å². The number of para-hydroxylation sites is 1. The van der Waals surface area contributed by atoms with Gasteiger partial charge in [-0.3, -0.25) is 9.79 Å². The predicted molar refractivity (Wildman–Crippen MR) is 88.4 cm³/mol. The fraction of sp³-hybridized carbons (Fsp3) is 0.118. The minimum atomic E-state index is 0.0451. The van der Waals surface area contributed by atoms with E-state index in [9.17, 15) is 4.79 Å². The number of hydrogen-bond donors (Lipinski definition) is 0. The van der Waals surface area contributed by atoms with Crippen LogP contribution in [0.25, 0.3) is 17.1 Å². The summed E-state index contributed by atoms with van der Waals surface area (Å²) in [7, 11) is 1.73. The van der Waals surface area contributed by atoms with Crippen molar-refractivity contribution in [1.29, 1.82) is 0 Å². The van der Waals surface area contributed by atoms with E-state index in [1.54, 1.807) is 14.0 Å². The van der Waals surface area contributed by atoms with Gasteiger partial charge in [-0.05, 0) is 36.7 Å². The molecule has 1 aromatic heterocycles. The van der Waals surface area contributed by atoms with Crippen LogP contribution < -0.4 is 4.80 Å². The van der Waals surface area contributed by atoms with Crippen molar-refractivity contribution in [3.05, 3.63) is 65.0 Å². The fourth-order valence-electron chi connectivity index (χ4n) is 2.17. The van der Waals surface area contributed by atoms with Crippen molar-refractivity contribution in [2.75, 3.05) is 7.05 Å². The van der Waals surface area contributed by atoms with Crippen LogP contribution in [0.15, 0.2) is 59.6 Å². The highest BCUT2D eigenvalue weighted by atomic mass is 32.1. The van der Waals surface area contributed by atoms with Crippen LogP contribution in [0.3, 0.4) is 0 Å². The van der Waals surface area contributed by atoms with Crippen molar-refractivity contribution >= 4 is 17.3 Å². The number of carbonyl (C=O) groups is 1. The third-order valence-corrected chi connectivity index (χ3v) is 4.28. The molecule has 110 valence electrons. The highest BCUT2D eigenvalue weighted by Crippen LogP contribution is 2.23. The van der Waals surface area contributed by atoms with Gasteiger partial charge < -0.3 is 0 Å². The Morgan fingerprint density at radius 2 is 1.91 bits per heavy atom. The molecule has 0 radical (unpaired) electrons. The summed E-state index contributed by atoms with van der Waals surface area (Å²) in [5, 5.41) is 0. The monoisotopic (exact) mass is 309 g/mol. The molecule has 0 bridgehead atoms. The fourth-order valence-corrected chi connectivity index (χ4v) is 3.00. The van der Waals surface area contributed by atoms with Crippen molar-refractivity contribution in [2.24, 2.45) is 4.99 Å². The number of carbonyl (C=O) groups excluding carboxylic acids is 1. The molecule has 3 aromatic rings. The first-order valence-electron chi connectivity index (χ1n) is 6.89. The van der Waals surface area contributed by atoms with Crippen molar-refractivity contribution in [3.8, 4) is 17.1 Å². The molecular formula is C17H15N3OS. The van der Waals surface area contributed by atoms with Crippen molar-refractivity contribution in [3.63, 3.8) is 0 Å². The smallest absolute Gasteiger partial charge is 0.222 e. The van der Waals surface area contributed by atoms with E-state index in [0.717, 1.165) is 17.1 Å². The van der Waals surface area contributed by atoms with E-state index >= 15 is 0 Å². The number of benzene rings is 2. The molecule has 0 spiro atoms. The van der Waals surface area contributed by atoms with Crippen LogP contribution in [-0.2, 0) is 0 Å². The molecule has 0 aliphatic carbocycles. The van der Waals surface area contributed by atoms with E-state index in [2.05, 4.69) is 9.98 Å². The lowest BCUT2D eigenvalue weighted by molar-refractivity contribution is 0.101. The summed E-state index contributed by atoms with van der Waals surface area (Å²) in [6.45, 7) is 1.57. The summed E-state index contributed by atoms with van der Waals surface area (Å²) in [6, 6.07) is 17.5. The van der Waals surface area contributed by atoms with E-state index in [1.165, 1.54) is 11.5 Å². The highest BCUT2D eigenvalue weighted by molar-refractivity contribution is 7.04. The molecule has 1 heterocycles. The Hall–Kier alpha value is -2.53. The van der Waals surface area contributed by atoms with E-state index in [0.29, 0.717) is 10.4 Å².